The zero-order chi connectivity index (χ0) is 14.4. The maximum atomic E-state index is 11.3. The summed E-state index contributed by atoms with van der Waals surface area (Å²) < 4.78 is 0. The molecule has 1 aliphatic heterocycles. The van der Waals surface area contributed by atoms with Crippen LogP contribution in [0.1, 0.15) is 18.4 Å². The zero-order valence-electron chi connectivity index (χ0n) is 11.2. The first kappa shape index (κ1) is 14.7. The molecule has 1 heterocycles. The Morgan fingerprint density at radius 2 is 2.20 bits per heavy atom. The Hall–Kier alpha value is -1.71. The lowest BCUT2D eigenvalue weighted by molar-refractivity contribution is 0.0911. The van der Waals surface area contributed by atoms with Crippen molar-refractivity contribution in [1.29, 1.82) is 0 Å². The molecule has 0 aromatic heterocycles. The number of aliphatic imine (C=N–C) groups is 1. The number of thiocarbonyl (C=S) groups is 1. The summed E-state index contributed by atoms with van der Waals surface area (Å²) in [7, 11) is 0. The van der Waals surface area contributed by atoms with E-state index < -0.39 is 6.09 Å². The third-order valence-corrected chi connectivity index (χ3v) is 3.93. The Balaban J connectivity index is 2.06. The van der Waals surface area contributed by atoms with Crippen molar-refractivity contribution in [3.63, 3.8) is 0 Å². The van der Waals surface area contributed by atoms with Crippen LogP contribution < -0.4 is 0 Å². The molecule has 0 spiro atoms. The van der Waals surface area contributed by atoms with Crippen molar-refractivity contribution in [3.8, 4) is 0 Å². The highest BCUT2D eigenvalue weighted by Crippen LogP contribution is 2.26. The Labute approximate surface area is 124 Å². The van der Waals surface area contributed by atoms with E-state index in [-0.39, 0.29) is 6.04 Å². The van der Waals surface area contributed by atoms with E-state index in [0.29, 0.717) is 19.0 Å². The van der Waals surface area contributed by atoms with E-state index in [4.69, 9.17) is 0 Å². The van der Waals surface area contributed by atoms with E-state index in [1.165, 1.54) is 5.56 Å². The van der Waals surface area contributed by atoms with Gasteiger partial charge >= 0.3 is 6.09 Å². The summed E-state index contributed by atoms with van der Waals surface area (Å²) in [5, 5.41) is 11.7. The van der Waals surface area contributed by atoms with Crippen molar-refractivity contribution in [2.75, 3.05) is 13.1 Å². The summed E-state index contributed by atoms with van der Waals surface area (Å²) in [6, 6.07) is 10.0. The highest BCUT2D eigenvalue weighted by atomic mass is 32.1. The second kappa shape index (κ2) is 7.17. The van der Waals surface area contributed by atoms with Gasteiger partial charge in [-0.3, -0.25) is 0 Å². The minimum atomic E-state index is -0.831. The normalized spacial score (nSPS) is 22.1. The van der Waals surface area contributed by atoms with Crippen LogP contribution in [0.25, 0.3) is 0 Å². The SMILES string of the molecule is O=C(O)N1CCC(CN=C=S)CC1Cc1ccccc1. The molecule has 0 radical (unpaired) electrons. The van der Waals surface area contributed by atoms with Gasteiger partial charge in [0.15, 0.2) is 0 Å². The third-order valence-electron chi connectivity index (χ3n) is 3.80. The summed E-state index contributed by atoms with van der Waals surface area (Å²) >= 11 is 4.60. The quantitative estimate of drug-likeness (QED) is 0.685. The molecule has 2 unspecified atom stereocenters. The minimum Gasteiger partial charge on any atom is -0.465 e. The highest BCUT2D eigenvalue weighted by Gasteiger charge is 2.31. The molecular weight excluding hydrogens is 272 g/mol. The molecule has 2 atom stereocenters. The average Bonchev–Trinajstić information content (AvgIpc) is 2.46. The van der Waals surface area contributed by atoms with Gasteiger partial charge in [0.2, 0.25) is 0 Å². The summed E-state index contributed by atoms with van der Waals surface area (Å²) in [6.07, 6.45) is 1.60. The molecule has 1 fully saturated rings. The molecule has 1 saturated heterocycles. The molecule has 20 heavy (non-hydrogen) atoms. The molecule has 1 amide bonds. The first-order valence-corrected chi connectivity index (χ1v) is 7.18. The lowest BCUT2D eigenvalue weighted by atomic mass is 9.88. The van der Waals surface area contributed by atoms with Crippen LogP contribution in [0.2, 0.25) is 0 Å². The smallest absolute Gasteiger partial charge is 0.407 e. The van der Waals surface area contributed by atoms with E-state index in [1.807, 2.05) is 30.3 Å². The fraction of sp³-hybridized carbons (Fsp3) is 0.467. The van der Waals surface area contributed by atoms with Crippen LogP contribution in [-0.4, -0.2) is 40.4 Å². The van der Waals surface area contributed by atoms with Crippen molar-refractivity contribution in [3.05, 3.63) is 35.9 Å². The van der Waals surface area contributed by atoms with Crippen LogP contribution in [0.15, 0.2) is 35.3 Å². The fourth-order valence-corrected chi connectivity index (χ4v) is 2.87. The zero-order valence-corrected chi connectivity index (χ0v) is 12.1. The van der Waals surface area contributed by atoms with Gasteiger partial charge in [0.25, 0.3) is 0 Å². The number of rotatable bonds is 4. The highest BCUT2D eigenvalue weighted by molar-refractivity contribution is 7.78. The number of hydrogen-bond acceptors (Lipinski definition) is 3. The molecule has 0 aliphatic carbocycles. The van der Waals surface area contributed by atoms with Gasteiger partial charge in [-0.05, 0) is 43.0 Å². The second-order valence-electron chi connectivity index (χ2n) is 5.14. The van der Waals surface area contributed by atoms with Crippen LogP contribution in [0.5, 0.6) is 0 Å². The van der Waals surface area contributed by atoms with Crippen molar-refractivity contribution in [2.24, 2.45) is 10.9 Å². The van der Waals surface area contributed by atoms with Crippen LogP contribution >= 0.6 is 12.2 Å². The number of hydrogen-bond donors (Lipinski definition) is 1. The summed E-state index contributed by atoms with van der Waals surface area (Å²) in [6.45, 7) is 1.23. The second-order valence-corrected chi connectivity index (χ2v) is 5.32. The lowest BCUT2D eigenvalue weighted by Gasteiger charge is -2.37. The standard InChI is InChI=1S/C15H18N2O2S/c18-15(19)17-7-6-13(10-16-11-20)9-14(17)8-12-4-2-1-3-5-12/h1-5,13-14H,6-10H2,(H,18,19). The van der Waals surface area contributed by atoms with E-state index in [1.54, 1.807) is 4.90 Å². The Bertz CT molecular complexity index is 500. The number of piperidine rings is 1. The number of likely N-dealkylation sites (tertiary alicyclic amines) is 1. The minimum absolute atomic E-state index is 0.0222. The van der Waals surface area contributed by atoms with Gasteiger partial charge in [-0.2, -0.15) is 0 Å². The van der Waals surface area contributed by atoms with Crippen LogP contribution in [0, 0.1) is 5.92 Å². The van der Waals surface area contributed by atoms with Gasteiger partial charge in [-0.25, -0.2) is 9.79 Å². The van der Waals surface area contributed by atoms with E-state index in [9.17, 15) is 9.90 Å². The van der Waals surface area contributed by atoms with Crippen LogP contribution in [0.3, 0.4) is 0 Å². The van der Waals surface area contributed by atoms with Crippen molar-refractivity contribution in [1.82, 2.24) is 4.90 Å². The van der Waals surface area contributed by atoms with Gasteiger partial charge in [0, 0.05) is 12.6 Å². The molecule has 0 bridgehead atoms. The number of nitrogens with zero attached hydrogens (tertiary/aromatic N) is 2. The molecular formula is C15H18N2O2S. The van der Waals surface area contributed by atoms with Crippen LogP contribution in [0.4, 0.5) is 4.79 Å². The number of amides is 1. The molecule has 4 nitrogen and oxygen atoms in total. The Kier molecular flexibility index (Phi) is 5.27. The molecule has 1 aromatic rings. The topological polar surface area (TPSA) is 52.9 Å². The predicted octanol–water partition coefficient (Wildman–Crippen LogP) is 3.09. The molecule has 1 aromatic carbocycles. The van der Waals surface area contributed by atoms with Gasteiger partial charge in [-0.1, -0.05) is 30.3 Å². The van der Waals surface area contributed by atoms with Gasteiger partial charge in [0.1, 0.15) is 0 Å². The predicted molar refractivity (Wildman–Crippen MR) is 81.3 cm³/mol. The summed E-state index contributed by atoms with van der Waals surface area (Å²) in [5.74, 6) is 0.398. The Morgan fingerprint density at radius 3 is 2.85 bits per heavy atom. The molecule has 2 rings (SSSR count). The van der Waals surface area contributed by atoms with Crippen LogP contribution in [-0.2, 0) is 6.42 Å². The maximum Gasteiger partial charge on any atom is 0.407 e. The lowest BCUT2D eigenvalue weighted by Crippen LogP contribution is -2.47. The summed E-state index contributed by atoms with van der Waals surface area (Å²) in [5.41, 5.74) is 1.17. The van der Waals surface area contributed by atoms with Gasteiger partial charge in [0.05, 0.1) is 11.7 Å². The largest absolute Gasteiger partial charge is 0.465 e. The fourth-order valence-electron chi connectivity index (χ4n) is 2.80. The Morgan fingerprint density at radius 1 is 1.45 bits per heavy atom. The molecule has 0 saturated carbocycles. The molecule has 5 heteroatoms. The van der Waals surface area contributed by atoms with E-state index >= 15 is 0 Å². The van der Waals surface area contributed by atoms with Gasteiger partial charge in [-0.15, -0.1) is 0 Å². The van der Waals surface area contributed by atoms with Crippen molar-refractivity contribution >= 4 is 23.5 Å². The average molecular weight is 290 g/mol. The molecule has 1 N–H and O–H groups in total. The van der Waals surface area contributed by atoms with Gasteiger partial charge < -0.3 is 10.0 Å². The maximum absolute atomic E-state index is 11.3. The van der Waals surface area contributed by atoms with Crippen molar-refractivity contribution < 1.29 is 9.90 Å². The summed E-state index contributed by atoms with van der Waals surface area (Å²) in [4.78, 5) is 16.9. The number of carboxylic acid groups (broad SMARTS) is 1. The monoisotopic (exact) mass is 290 g/mol. The van der Waals surface area contributed by atoms with Crippen molar-refractivity contribution in [2.45, 2.75) is 25.3 Å². The first-order chi connectivity index (χ1) is 9.70. The number of benzene rings is 1. The van der Waals surface area contributed by atoms with E-state index in [2.05, 4.69) is 22.4 Å². The molecule has 106 valence electrons. The molecule has 1 aliphatic rings. The van der Waals surface area contributed by atoms with E-state index in [0.717, 1.165) is 19.3 Å². The first-order valence-electron chi connectivity index (χ1n) is 6.78. The number of carbonyl (C=O) groups is 1. The third kappa shape index (κ3) is 3.89. The number of isothiocyanates is 1.